The molecule has 0 spiro atoms. The molecule has 1 aliphatic rings. The first-order valence-electron chi connectivity index (χ1n) is 5.75. The molecule has 1 heterocycles. The van der Waals surface area contributed by atoms with Crippen molar-refractivity contribution in [2.75, 3.05) is 0 Å². The predicted octanol–water partition coefficient (Wildman–Crippen LogP) is 3.70. The van der Waals surface area contributed by atoms with Gasteiger partial charge in [-0.15, -0.1) is 11.3 Å². The third-order valence-corrected chi connectivity index (χ3v) is 4.29. The average molecular weight is 235 g/mol. The van der Waals surface area contributed by atoms with Crippen LogP contribution in [-0.2, 0) is 4.79 Å². The van der Waals surface area contributed by atoms with Crippen LogP contribution in [-0.4, -0.2) is 10.8 Å². The number of Topliss-reactive ketones (excluding diaryl/α,β-unsaturated/α-hetero) is 1. The van der Waals surface area contributed by atoms with Crippen molar-refractivity contribution in [1.29, 1.82) is 0 Å². The molecule has 1 atom stereocenters. The van der Waals surface area contributed by atoms with Crippen molar-refractivity contribution in [3.63, 3.8) is 0 Å². The molecule has 1 aliphatic carbocycles. The lowest BCUT2D eigenvalue weighted by Gasteiger charge is -2.32. The summed E-state index contributed by atoms with van der Waals surface area (Å²) in [6.45, 7) is 4.39. The molecule has 0 radical (unpaired) electrons. The second-order valence-electron chi connectivity index (χ2n) is 4.84. The van der Waals surface area contributed by atoms with Crippen LogP contribution >= 0.6 is 11.3 Å². The predicted molar refractivity (Wildman–Crippen MR) is 67.3 cm³/mol. The lowest BCUT2D eigenvalue weighted by molar-refractivity contribution is -0.119. The summed E-state index contributed by atoms with van der Waals surface area (Å²) in [5, 5.41) is 0. The number of carbonyl (C=O) groups excluding carboxylic acids is 1. The molecule has 0 N–H and O–H groups in total. The molecule has 16 heavy (non-hydrogen) atoms. The van der Waals surface area contributed by atoms with Crippen molar-refractivity contribution in [2.45, 2.75) is 39.5 Å². The Bertz CT molecular complexity index is 408. The number of hydrogen-bond acceptors (Lipinski definition) is 3. The Kier molecular flexibility index (Phi) is 3.24. The Morgan fingerprint density at radius 3 is 3.00 bits per heavy atom. The van der Waals surface area contributed by atoms with Crippen molar-refractivity contribution in [3.8, 4) is 0 Å². The highest BCUT2D eigenvalue weighted by molar-refractivity contribution is 7.10. The van der Waals surface area contributed by atoms with Gasteiger partial charge in [0.25, 0.3) is 0 Å². The van der Waals surface area contributed by atoms with Gasteiger partial charge in [-0.25, -0.2) is 0 Å². The average Bonchev–Trinajstić information content (AvgIpc) is 2.75. The summed E-state index contributed by atoms with van der Waals surface area (Å²) in [4.78, 5) is 17.1. The quantitative estimate of drug-likeness (QED) is 0.732. The zero-order valence-electron chi connectivity index (χ0n) is 9.82. The standard InChI is InChI=1S/C13H17NOS/c1-3-13(2)5-4-10(12(15)7-13)6-11-8-14-9-16-11/h6,8-9H,3-5,7H2,1-2H3. The van der Waals surface area contributed by atoms with Crippen LogP contribution in [0.2, 0.25) is 0 Å². The van der Waals surface area contributed by atoms with Crippen LogP contribution < -0.4 is 0 Å². The van der Waals surface area contributed by atoms with Crippen molar-refractivity contribution in [3.05, 3.63) is 22.2 Å². The maximum atomic E-state index is 12.0. The SMILES string of the molecule is CCC1(C)CCC(=Cc2cncs2)C(=O)C1. The molecule has 1 aromatic heterocycles. The molecule has 1 aromatic rings. The van der Waals surface area contributed by atoms with Crippen molar-refractivity contribution >= 4 is 23.2 Å². The van der Waals surface area contributed by atoms with Gasteiger partial charge in [0.05, 0.1) is 5.51 Å². The number of allylic oxidation sites excluding steroid dienone is 1. The number of carbonyl (C=O) groups is 1. The number of hydrogen-bond donors (Lipinski definition) is 0. The fourth-order valence-electron chi connectivity index (χ4n) is 2.09. The minimum atomic E-state index is 0.224. The molecule has 3 heteroatoms. The summed E-state index contributed by atoms with van der Waals surface area (Å²) >= 11 is 1.58. The van der Waals surface area contributed by atoms with Crippen LogP contribution in [0.1, 0.15) is 44.4 Å². The first-order chi connectivity index (χ1) is 7.63. The van der Waals surface area contributed by atoms with E-state index in [0.717, 1.165) is 29.7 Å². The normalized spacial score (nSPS) is 28.6. The zero-order valence-corrected chi connectivity index (χ0v) is 10.6. The van der Waals surface area contributed by atoms with Crippen LogP contribution in [0.15, 0.2) is 17.3 Å². The van der Waals surface area contributed by atoms with Gasteiger partial charge < -0.3 is 0 Å². The Balaban J connectivity index is 2.13. The first-order valence-corrected chi connectivity index (χ1v) is 6.63. The molecule has 1 saturated carbocycles. The second-order valence-corrected chi connectivity index (χ2v) is 5.76. The highest BCUT2D eigenvalue weighted by atomic mass is 32.1. The fourth-order valence-corrected chi connectivity index (χ4v) is 2.66. The van der Waals surface area contributed by atoms with E-state index in [2.05, 4.69) is 18.8 Å². The molecule has 0 bridgehead atoms. The summed E-state index contributed by atoms with van der Waals surface area (Å²) in [5.41, 5.74) is 3.01. The number of nitrogens with zero attached hydrogens (tertiary/aromatic N) is 1. The molecule has 0 aromatic carbocycles. The summed E-state index contributed by atoms with van der Waals surface area (Å²) < 4.78 is 0. The van der Waals surface area contributed by atoms with E-state index in [4.69, 9.17) is 0 Å². The summed E-state index contributed by atoms with van der Waals surface area (Å²) in [5.74, 6) is 0.323. The molecule has 1 unspecified atom stereocenters. The minimum absolute atomic E-state index is 0.224. The van der Waals surface area contributed by atoms with Crippen molar-refractivity contribution in [2.24, 2.45) is 5.41 Å². The van der Waals surface area contributed by atoms with Gasteiger partial charge in [0.2, 0.25) is 0 Å². The Morgan fingerprint density at radius 2 is 2.44 bits per heavy atom. The van der Waals surface area contributed by atoms with Gasteiger partial charge in [-0.2, -0.15) is 0 Å². The third-order valence-electron chi connectivity index (χ3n) is 3.56. The smallest absolute Gasteiger partial charge is 0.159 e. The molecule has 86 valence electrons. The Labute approximate surface area is 100 Å². The Hall–Kier alpha value is -0.960. The van der Waals surface area contributed by atoms with E-state index in [1.165, 1.54) is 0 Å². The maximum absolute atomic E-state index is 12.0. The van der Waals surface area contributed by atoms with Crippen LogP contribution in [0.25, 0.3) is 6.08 Å². The van der Waals surface area contributed by atoms with E-state index < -0.39 is 0 Å². The van der Waals surface area contributed by atoms with Gasteiger partial charge in [-0.05, 0) is 29.9 Å². The van der Waals surface area contributed by atoms with E-state index in [0.29, 0.717) is 12.2 Å². The Morgan fingerprint density at radius 1 is 1.62 bits per heavy atom. The van der Waals surface area contributed by atoms with Crippen LogP contribution in [0, 0.1) is 5.41 Å². The van der Waals surface area contributed by atoms with Gasteiger partial charge in [0.1, 0.15) is 0 Å². The summed E-state index contributed by atoms with van der Waals surface area (Å²) in [6, 6.07) is 0. The van der Waals surface area contributed by atoms with Gasteiger partial charge in [0, 0.05) is 17.5 Å². The van der Waals surface area contributed by atoms with Crippen LogP contribution in [0.5, 0.6) is 0 Å². The minimum Gasteiger partial charge on any atom is -0.295 e. The van der Waals surface area contributed by atoms with Crippen molar-refractivity contribution in [1.82, 2.24) is 4.98 Å². The monoisotopic (exact) mass is 235 g/mol. The van der Waals surface area contributed by atoms with E-state index in [1.54, 1.807) is 16.8 Å². The number of ketones is 1. The molecular weight excluding hydrogens is 218 g/mol. The maximum Gasteiger partial charge on any atom is 0.159 e. The van der Waals surface area contributed by atoms with Gasteiger partial charge in [-0.1, -0.05) is 20.3 Å². The first kappa shape index (κ1) is 11.5. The van der Waals surface area contributed by atoms with Gasteiger partial charge >= 0.3 is 0 Å². The van der Waals surface area contributed by atoms with Crippen LogP contribution in [0.4, 0.5) is 0 Å². The zero-order chi connectivity index (χ0) is 11.6. The largest absolute Gasteiger partial charge is 0.295 e. The van der Waals surface area contributed by atoms with E-state index in [1.807, 2.05) is 12.3 Å². The molecule has 0 aliphatic heterocycles. The van der Waals surface area contributed by atoms with Crippen LogP contribution in [0.3, 0.4) is 0 Å². The lowest BCUT2D eigenvalue weighted by Crippen LogP contribution is -2.26. The topological polar surface area (TPSA) is 30.0 Å². The third kappa shape index (κ3) is 2.40. The molecule has 2 rings (SSSR count). The summed E-state index contributed by atoms with van der Waals surface area (Å²) in [7, 11) is 0. The molecular formula is C13H17NOS. The highest BCUT2D eigenvalue weighted by Crippen LogP contribution is 2.39. The molecule has 0 saturated heterocycles. The highest BCUT2D eigenvalue weighted by Gasteiger charge is 2.31. The molecule has 1 fully saturated rings. The number of rotatable bonds is 2. The van der Waals surface area contributed by atoms with Crippen molar-refractivity contribution < 1.29 is 4.79 Å². The number of aromatic nitrogens is 1. The molecule has 2 nitrogen and oxygen atoms in total. The number of thiazole rings is 1. The van der Waals surface area contributed by atoms with E-state index in [9.17, 15) is 4.79 Å². The van der Waals surface area contributed by atoms with E-state index >= 15 is 0 Å². The van der Waals surface area contributed by atoms with E-state index in [-0.39, 0.29) is 5.41 Å². The van der Waals surface area contributed by atoms with Gasteiger partial charge in [0.15, 0.2) is 5.78 Å². The second kappa shape index (κ2) is 4.50. The van der Waals surface area contributed by atoms with Gasteiger partial charge in [-0.3, -0.25) is 9.78 Å². The molecule has 0 amide bonds. The lowest BCUT2D eigenvalue weighted by atomic mass is 9.71. The fraction of sp³-hybridized carbons (Fsp3) is 0.538. The summed E-state index contributed by atoms with van der Waals surface area (Å²) in [6.07, 6.45) is 7.66.